The minimum atomic E-state index is -0.774. The number of esters is 1. The summed E-state index contributed by atoms with van der Waals surface area (Å²) < 4.78 is 4.73. The zero-order chi connectivity index (χ0) is 19.4. The fourth-order valence-electron chi connectivity index (χ4n) is 2.49. The van der Waals surface area contributed by atoms with Crippen LogP contribution < -0.4 is 10.7 Å². The number of methoxy groups -OCH3 is 1. The van der Waals surface area contributed by atoms with Crippen molar-refractivity contribution in [2.45, 2.75) is 5.03 Å². The second-order valence-corrected chi connectivity index (χ2v) is 6.96. The molecule has 8 heteroatoms. The molecule has 0 saturated heterocycles. The van der Waals surface area contributed by atoms with E-state index in [0.717, 1.165) is 11.8 Å². The molecule has 138 valence electrons. The third-order valence-corrected chi connectivity index (χ3v) is 4.96. The molecule has 1 heterocycles. The van der Waals surface area contributed by atoms with Crippen molar-refractivity contribution in [3.8, 4) is 0 Å². The van der Waals surface area contributed by atoms with Gasteiger partial charge in [-0.15, -0.1) is 0 Å². The number of amides is 1. The number of pyridine rings is 1. The number of rotatable bonds is 5. The van der Waals surface area contributed by atoms with E-state index >= 15 is 0 Å². The number of benzene rings is 2. The van der Waals surface area contributed by atoms with Gasteiger partial charge in [-0.3, -0.25) is 9.59 Å². The lowest BCUT2D eigenvalue weighted by Gasteiger charge is -2.10. The van der Waals surface area contributed by atoms with Crippen molar-refractivity contribution in [1.82, 2.24) is 4.98 Å². The van der Waals surface area contributed by atoms with Gasteiger partial charge in [0.2, 0.25) is 11.3 Å². The Kier molecular flexibility index (Phi) is 5.83. The molecular formula is C19H15ClN2O4S. The van der Waals surface area contributed by atoms with Crippen LogP contribution in [-0.4, -0.2) is 29.7 Å². The number of para-hydroxylation sites is 1. The first-order chi connectivity index (χ1) is 13.0. The Balaban J connectivity index is 1.90. The van der Waals surface area contributed by atoms with Crippen molar-refractivity contribution in [2.24, 2.45) is 0 Å². The number of aromatic amines is 1. The van der Waals surface area contributed by atoms with Gasteiger partial charge in [0, 0.05) is 16.1 Å². The number of hydrogen-bond acceptors (Lipinski definition) is 5. The molecule has 0 unspecified atom stereocenters. The highest BCUT2D eigenvalue weighted by Gasteiger charge is 2.21. The number of nitrogens with one attached hydrogen (secondary N) is 2. The molecule has 0 fully saturated rings. The molecule has 3 rings (SSSR count). The van der Waals surface area contributed by atoms with Crippen LogP contribution >= 0.6 is 23.4 Å². The lowest BCUT2D eigenvalue weighted by Crippen LogP contribution is -2.20. The number of carbonyl (C=O) groups excluding carboxylic acids is 2. The topological polar surface area (TPSA) is 88.3 Å². The first-order valence-corrected chi connectivity index (χ1v) is 9.27. The summed E-state index contributed by atoms with van der Waals surface area (Å²) in [5.74, 6) is -1.03. The van der Waals surface area contributed by atoms with E-state index in [0.29, 0.717) is 16.2 Å². The van der Waals surface area contributed by atoms with E-state index in [1.807, 2.05) is 18.2 Å². The van der Waals surface area contributed by atoms with Gasteiger partial charge in [-0.2, -0.15) is 0 Å². The number of anilines is 1. The summed E-state index contributed by atoms with van der Waals surface area (Å²) in [6, 6.07) is 13.8. The predicted octanol–water partition coefficient (Wildman–Crippen LogP) is 3.70. The standard InChI is InChI=1S/C19H15ClN2O4S/c1-26-19(25)16-17(24)13-9-11(20)7-8-14(13)22-18(16)27-10-15(23)21-12-5-3-2-4-6-12/h2-9H,10H2,1H3,(H,21,23)(H,22,24). The van der Waals surface area contributed by atoms with Crippen molar-refractivity contribution in [1.29, 1.82) is 0 Å². The number of H-pyrrole nitrogens is 1. The minimum Gasteiger partial charge on any atom is -0.465 e. The Morgan fingerprint density at radius 3 is 2.63 bits per heavy atom. The summed E-state index contributed by atoms with van der Waals surface area (Å²) in [6.45, 7) is 0. The molecule has 0 aliphatic rings. The van der Waals surface area contributed by atoms with Crippen molar-refractivity contribution in [2.75, 3.05) is 18.2 Å². The third kappa shape index (κ3) is 4.32. The highest BCUT2D eigenvalue weighted by molar-refractivity contribution is 8.00. The van der Waals surface area contributed by atoms with E-state index in [1.165, 1.54) is 13.2 Å². The Hall–Kier alpha value is -2.77. The molecule has 0 atom stereocenters. The fraction of sp³-hybridized carbons (Fsp3) is 0.105. The Morgan fingerprint density at radius 2 is 1.93 bits per heavy atom. The van der Waals surface area contributed by atoms with Gasteiger partial charge in [-0.05, 0) is 30.3 Å². The normalized spacial score (nSPS) is 10.6. The SMILES string of the molecule is COC(=O)c1c(SCC(=O)Nc2ccccc2)[nH]c2ccc(Cl)cc2c1=O. The Morgan fingerprint density at radius 1 is 1.19 bits per heavy atom. The van der Waals surface area contributed by atoms with Gasteiger partial charge < -0.3 is 15.0 Å². The van der Waals surface area contributed by atoms with Crippen LogP contribution in [0.4, 0.5) is 5.69 Å². The Bertz CT molecular complexity index is 1070. The summed E-state index contributed by atoms with van der Waals surface area (Å²) in [5.41, 5.74) is 0.537. The van der Waals surface area contributed by atoms with Crippen LogP contribution in [0, 0.1) is 0 Å². The molecule has 0 spiro atoms. The molecule has 1 amide bonds. The zero-order valence-corrected chi connectivity index (χ0v) is 15.8. The van der Waals surface area contributed by atoms with Gasteiger partial charge in [0.25, 0.3) is 0 Å². The van der Waals surface area contributed by atoms with E-state index in [4.69, 9.17) is 16.3 Å². The van der Waals surface area contributed by atoms with Crippen LogP contribution in [0.3, 0.4) is 0 Å². The number of fused-ring (bicyclic) bond motifs is 1. The van der Waals surface area contributed by atoms with Crippen LogP contribution in [0.25, 0.3) is 10.9 Å². The van der Waals surface area contributed by atoms with Crippen molar-refractivity contribution < 1.29 is 14.3 Å². The molecule has 0 aliphatic carbocycles. The summed E-state index contributed by atoms with van der Waals surface area (Å²) in [7, 11) is 1.19. The summed E-state index contributed by atoms with van der Waals surface area (Å²) in [6.07, 6.45) is 0. The molecule has 2 aromatic carbocycles. The van der Waals surface area contributed by atoms with Crippen LogP contribution in [0.1, 0.15) is 10.4 Å². The summed E-state index contributed by atoms with van der Waals surface area (Å²) >= 11 is 7.00. The second kappa shape index (κ2) is 8.28. The average molecular weight is 403 g/mol. The number of aromatic nitrogens is 1. The number of hydrogen-bond donors (Lipinski definition) is 2. The predicted molar refractivity (Wildman–Crippen MR) is 107 cm³/mol. The highest BCUT2D eigenvalue weighted by atomic mass is 35.5. The number of carbonyl (C=O) groups is 2. The molecule has 0 aliphatic heterocycles. The van der Waals surface area contributed by atoms with Crippen LogP contribution in [0.5, 0.6) is 0 Å². The smallest absolute Gasteiger partial charge is 0.344 e. The van der Waals surface area contributed by atoms with E-state index < -0.39 is 11.4 Å². The van der Waals surface area contributed by atoms with E-state index in [1.54, 1.807) is 24.3 Å². The van der Waals surface area contributed by atoms with Crippen LogP contribution in [-0.2, 0) is 9.53 Å². The van der Waals surface area contributed by atoms with Crippen LogP contribution in [0.2, 0.25) is 5.02 Å². The fourth-order valence-corrected chi connectivity index (χ4v) is 3.51. The molecule has 2 N–H and O–H groups in total. The lowest BCUT2D eigenvalue weighted by molar-refractivity contribution is -0.113. The van der Waals surface area contributed by atoms with Crippen molar-refractivity contribution >= 4 is 51.8 Å². The molecule has 0 radical (unpaired) electrons. The van der Waals surface area contributed by atoms with Gasteiger partial charge in [0.05, 0.1) is 23.4 Å². The van der Waals surface area contributed by atoms with Gasteiger partial charge in [-0.1, -0.05) is 41.6 Å². The van der Waals surface area contributed by atoms with E-state index in [9.17, 15) is 14.4 Å². The zero-order valence-electron chi connectivity index (χ0n) is 14.2. The molecule has 6 nitrogen and oxygen atoms in total. The maximum absolute atomic E-state index is 12.7. The minimum absolute atomic E-state index is 0.00786. The molecule has 1 aromatic heterocycles. The quantitative estimate of drug-likeness (QED) is 0.502. The average Bonchev–Trinajstić information content (AvgIpc) is 2.67. The highest BCUT2D eigenvalue weighted by Crippen LogP contribution is 2.24. The third-order valence-electron chi connectivity index (χ3n) is 3.72. The van der Waals surface area contributed by atoms with Crippen molar-refractivity contribution in [3.05, 3.63) is 69.3 Å². The van der Waals surface area contributed by atoms with E-state index in [-0.39, 0.29) is 27.6 Å². The van der Waals surface area contributed by atoms with Gasteiger partial charge in [0.15, 0.2) is 0 Å². The molecule has 27 heavy (non-hydrogen) atoms. The largest absolute Gasteiger partial charge is 0.465 e. The lowest BCUT2D eigenvalue weighted by atomic mass is 10.1. The molecule has 0 saturated carbocycles. The first-order valence-electron chi connectivity index (χ1n) is 7.91. The Labute approximate surface area is 163 Å². The second-order valence-electron chi connectivity index (χ2n) is 5.54. The maximum atomic E-state index is 12.7. The first kappa shape index (κ1) is 19.0. The number of thioether (sulfide) groups is 1. The summed E-state index contributed by atoms with van der Waals surface area (Å²) in [4.78, 5) is 40.1. The number of halogens is 1. The molecular weight excluding hydrogens is 388 g/mol. The monoisotopic (exact) mass is 402 g/mol. The molecule has 0 bridgehead atoms. The van der Waals surface area contributed by atoms with Gasteiger partial charge in [0.1, 0.15) is 5.56 Å². The van der Waals surface area contributed by atoms with Crippen LogP contribution in [0.15, 0.2) is 58.4 Å². The van der Waals surface area contributed by atoms with Gasteiger partial charge >= 0.3 is 5.97 Å². The van der Waals surface area contributed by atoms with Gasteiger partial charge in [-0.25, -0.2) is 4.79 Å². The molecule has 3 aromatic rings. The van der Waals surface area contributed by atoms with Crippen molar-refractivity contribution in [3.63, 3.8) is 0 Å². The van der Waals surface area contributed by atoms with E-state index in [2.05, 4.69) is 10.3 Å². The summed E-state index contributed by atoms with van der Waals surface area (Å²) in [5, 5.41) is 3.68. The number of ether oxygens (including phenoxy) is 1. The maximum Gasteiger partial charge on any atom is 0.344 e.